The molecule has 5 heteroatoms. The van der Waals surface area contributed by atoms with Crippen LogP contribution in [0.5, 0.6) is 5.75 Å². The summed E-state index contributed by atoms with van der Waals surface area (Å²) in [5.74, 6) is 1.27. The van der Waals surface area contributed by atoms with Crippen molar-refractivity contribution < 1.29 is 4.74 Å². The lowest BCUT2D eigenvalue weighted by Gasteiger charge is -2.13. The van der Waals surface area contributed by atoms with Crippen LogP contribution in [0.3, 0.4) is 0 Å². The van der Waals surface area contributed by atoms with Crippen LogP contribution in [0.4, 0.5) is 0 Å². The largest absolute Gasteiger partial charge is 0.497 e. The van der Waals surface area contributed by atoms with Gasteiger partial charge in [-0.05, 0) is 67.1 Å². The van der Waals surface area contributed by atoms with Gasteiger partial charge >= 0.3 is 0 Å². The average molecular weight is 419 g/mol. The fraction of sp³-hybridized carbons (Fsp3) is 0.0741. The van der Waals surface area contributed by atoms with Gasteiger partial charge in [0.2, 0.25) is 0 Å². The molecule has 2 heterocycles. The maximum absolute atomic E-state index is 13.6. The predicted molar refractivity (Wildman–Crippen MR) is 129 cm³/mol. The second-order valence-corrected chi connectivity index (χ2v) is 7.58. The number of hydrogen-bond acceptors (Lipinski definition) is 4. The quantitative estimate of drug-likeness (QED) is 0.365. The van der Waals surface area contributed by atoms with Gasteiger partial charge < -0.3 is 4.74 Å². The highest BCUT2D eigenvalue weighted by atomic mass is 16.5. The highest BCUT2D eigenvalue weighted by molar-refractivity contribution is 6.03. The minimum absolute atomic E-state index is 0.130. The molecule has 0 atom stereocenters. The molecule has 0 aliphatic rings. The third-order valence-corrected chi connectivity index (χ3v) is 5.48. The SMILES string of the molecule is COc1ccc(-n2c(C=Cc3ccc(C)cc3)nc3c(ccc4ncccc43)c2=O)cc1. The average Bonchev–Trinajstić information content (AvgIpc) is 2.84. The Morgan fingerprint density at radius 1 is 0.875 bits per heavy atom. The van der Waals surface area contributed by atoms with Crippen LogP contribution in [0, 0.1) is 6.92 Å². The molecule has 2 aromatic heterocycles. The number of methoxy groups -OCH3 is 1. The molecule has 5 nitrogen and oxygen atoms in total. The highest BCUT2D eigenvalue weighted by Gasteiger charge is 2.14. The Hall–Kier alpha value is -4.25. The molecule has 0 saturated heterocycles. The van der Waals surface area contributed by atoms with Gasteiger partial charge in [0.05, 0.1) is 29.2 Å². The third-order valence-electron chi connectivity index (χ3n) is 5.48. The van der Waals surface area contributed by atoms with Crippen molar-refractivity contribution in [2.24, 2.45) is 0 Å². The predicted octanol–water partition coefficient (Wildman–Crippen LogP) is 5.42. The van der Waals surface area contributed by atoms with Crippen LogP contribution >= 0.6 is 0 Å². The number of benzene rings is 3. The number of nitrogens with zero attached hydrogens (tertiary/aromatic N) is 3. The number of ether oxygens (including phenoxy) is 1. The number of rotatable bonds is 4. The van der Waals surface area contributed by atoms with E-state index in [1.165, 1.54) is 5.56 Å². The van der Waals surface area contributed by atoms with E-state index in [0.29, 0.717) is 16.7 Å². The number of fused-ring (bicyclic) bond motifs is 3. The summed E-state index contributed by atoms with van der Waals surface area (Å²) in [4.78, 5) is 23.0. The summed E-state index contributed by atoms with van der Waals surface area (Å²) in [7, 11) is 1.62. The maximum atomic E-state index is 13.6. The summed E-state index contributed by atoms with van der Waals surface area (Å²) in [6.07, 6.45) is 5.59. The lowest BCUT2D eigenvalue weighted by atomic mass is 10.1. The van der Waals surface area contributed by atoms with Gasteiger partial charge in [0.1, 0.15) is 11.6 Å². The Morgan fingerprint density at radius 2 is 1.66 bits per heavy atom. The Morgan fingerprint density at radius 3 is 2.41 bits per heavy atom. The monoisotopic (exact) mass is 419 g/mol. The van der Waals surface area contributed by atoms with Gasteiger partial charge in [-0.2, -0.15) is 0 Å². The first-order chi connectivity index (χ1) is 15.6. The molecule has 5 rings (SSSR count). The molecule has 0 amide bonds. The number of aryl methyl sites for hydroxylation is 1. The van der Waals surface area contributed by atoms with E-state index in [4.69, 9.17) is 9.72 Å². The fourth-order valence-electron chi connectivity index (χ4n) is 3.76. The van der Waals surface area contributed by atoms with Crippen molar-refractivity contribution in [2.75, 3.05) is 7.11 Å². The van der Waals surface area contributed by atoms with Gasteiger partial charge in [0.25, 0.3) is 5.56 Å². The molecule has 0 aliphatic carbocycles. The first-order valence-electron chi connectivity index (χ1n) is 10.3. The van der Waals surface area contributed by atoms with Gasteiger partial charge in [-0.1, -0.05) is 35.9 Å². The molecule has 0 radical (unpaired) electrons. The van der Waals surface area contributed by atoms with Gasteiger partial charge in [0.15, 0.2) is 0 Å². The van der Waals surface area contributed by atoms with Crippen molar-refractivity contribution in [1.29, 1.82) is 0 Å². The van der Waals surface area contributed by atoms with Gasteiger partial charge in [0, 0.05) is 11.6 Å². The first-order valence-corrected chi connectivity index (χ1v) is 10.3. The van der Waals surface area contributed by atoms with Crippen molar-refractivity contribution in [2.45, 2.75) is 6.92 Å². The van der Waals surface area contributed by atoms with Crippen LogP contribution in [0.1, 0.15) is 17.0 Å². The van der Waals surface area contributed by atoms with Gasteiger partial charge in [-0.15, -0.1) is 0 Å². The van der Waals surface area contributed by atoms with Crippen LogP contribution in [-0.4, -0.2) is 21.6 Å². The molecular formula is C27H21N3O2. The molecule has 5 aromatic rings. The summed E-state index contributed by atoms with van der Waals surface area (Å²) in [6, 6.07) is 23.1. The second kappa shape index (κ2) is 8.12. The highest BCUT2D eigenvalue weighted by Crippen LogP contribution is 2.23. The van der Waals surface area contributed by atoms with Crippen molar-refractivity contribution in [3.8, 4) is 11.4 Å². The van der Waals surface area contributed by atoms with E-state index < -0.39 is 0 Å². The minimum Gasteiger partial charge on any atom is -0.497 e. The van der Waals surface area contributed by atoms with Crippen LogP contribution in [0.15, 0.2) is 83.8 Å². The molecule has 156 valence electrons. The van der Waals surface area contributed by atoms with E-state index >= 15 is 0 Å². The van der Waals surface area contributed by atoms with Crippen LogP contribution in [-0.2, 0) is 0 Å². The second-order valence-electron chi connectivity index (χ2n) is 7.58. The Bertz CT molecular complexity index is 1520. The summed E-state index contributed by atoms with van der Waals surface area (Å²) < 4.78 is 6.91. The normalized spacial score (nSPS) is 11.4. The molecule has 0 N–H and O–H groups in total. The third kappa shape index (κ3) is 3.54. The van der Waals surface area contributed by atoms with Crippen molar-refractivity contribution in [3.05, 3.63) is 106 Å². The van der Waals surface area contributed by atoms with Gasteiger partial charge in [-0.3, -0.25) is 14.3 Å². The van der Waals surface area contributed by atoms with E-state index in [1.807, 2.05) is 66.7 Å². The maximum Gasteiger partial charge on any atom is 0.266 e. The lowest BCUT2D eigenvalue weighted by Crippen LogP contribution is -2.22. The standard InChI is InChI=1S/C27H21N3O2/c1-18-5-7-19(8-6-18)9-16-25-29-26-22-4-3-17-28-24(22)15-14-23(26)27(31)30(25)20-10-12-21(32-2)13-11-20/h3-17H,1-2H3. The number of hydrogen-bond donors (Lipinski definition) is 0. The molecule has 0 spiro atoms. The molecule has 0 saturated carbocycles. The zero-order chi connectivity index (χ0) is 22.1. The van der Waals surface area contributed by atoms with Crippen molar-refractivity contribution >= 4 is 34.0 Å². The summed E-state index contributed by atoms with van der Waals surface area (Å²) >= 11 is 0. The molecule has 0 fully saturated rings. The Kier molecular flexibility index (Phi) is 5.00. The molecule has 0 bridgehead atoms. The smallest absolute Gasteiger partial charge is 0.266 e. The Balaban J connectivity index is 1.78. The summed E-state index contributed by atoms with van der Waals surface area (Å²) in [5, 5.41) is 1.41. The zero-order valence-electron chi connectivity index (χ0n) is 17.8. The fourth-order valence-corrected chi connectivity index (χ4v) is 3.76. The van der Waals surface area contributed by atoms with Gasteiger partial charge in [-0.25, -0.2) is 4.98 Å². The van der Waals surface area contributed by atoms with Crippen LogP contribution in [0.2, 0.25) is 0 Å². The minimum atomic E-state index is -0.130. The molecule has 3 aromatic carbocycles. The lowest BCUT2D eigenvalue weighted by molar-refractivity contribution is 0.414. The first kappa shape index (κ1) is 19.7. The van der Waals surface area contributed by atoms with Crippen molar-refractivity contribution in [1.82, 2.24) is 14.5 Å². The topological polar surface area (TPSA) is 57.0 Å². The summed E-state index contributed by atoms with van der Waals surface area (Å²) in [5.41, 5.74) is 4.27. The van der Waals surface area contributed by atoms with Crippen molar-refractivity contribution in [3.63, 3.8) is 0 Å². The van der Waals surface area contributed by atoms with E-state index in [2.05, 4.69) is 24.0 Å². The molecule has 0 unspecified atom stereocenters. The van der Waals surface area contributed by atoms with E-state index in [0.717, 1.165) is 27.9 Å². The molecule has 32 heavy (non-hydrogen) atoms. The van der Waals surface area contributed by atoms with Crippen LogP contribution < -0.4 is 10.3 Å². The number of pyridine rings is 1. The van der Waals surface area contributed by atoms with E-state index in [1.54, 1.807) is 23.9 Å². The molecular weight excluding hydrogens is 398 g/mol. The van der Waals surface area contributed by atoms with E-state index in [-0.39, 0.29) is 5.56 Å². The van der Waals surface area contributed by atoms with Crippen LogP contribution in [0.25, 0.3) is 39.6 Å². The number of aromatic nitrogens is 3. The molecule has 0 aliphatic heterocycles. The zero-order valence-corrected chi connectivity index (χ0v) is 17.8. The van der Waals surface area contributed by atoms with E-state index in [9.17, 15) is 4.79 Å². The summed E-state index contributed by atoms with van der Waals surface area (Å²) in [6.45, 7) is 2.05. The Labute approximate surface area is 185 Å².